The number of carboxylic acid groups (broad SMARTS) is 1. The van der Waals surface area contributed by atoms with Crippen molar-refractivity contribution in [1.82, 2.24) is 5.32 Å². The highest BCUT2D eigenvalue weighted by atomic mass is 35.5. The highest BCUT2D eigenvalue weighted by Gasteiger charge is 2.47. The molecule has 2 rings (SSSR count). The van der Waals surface area contributed by atoms with E-state index < -0.39 is 36.5 Å². The van der Waals surface area contributed by atoms with Crippen molar-refractivity contribution >= 4 is 43.8 Å². The standard InChI is InChI=1S/C20H32BN3O6.2ClH/c22-17(13-30-12-15-4-2-1-3-5-15)18(25)24-11-16-7-6-14(8-9-21(28)29)10-20(16,23)19(26)27;;/h1-5,14,16-17,28-29H,6-13,22-23H2,(H,24,25)(H,26,27);2*1H/t14-,16-,17-,20+;;/m0../s1. The first-order chi connectivity index (χ1) is 14.2. The van der Waals surface area contributed by atoms with Crippen LogP contribution in [0, 0.1) is 11.8 Å². The minimum Gasteiger partial charge on any atom is -0.480 e. The van der Waals surface area contributed by atoms with E-state index in [9.17, 15) is 14.7 Å². The lowest BCUT2D eigenvalue weighted by molar-refractivity contribution is -0.148. The second kappa shape index (κ2) is 14.7. The van der Waals surface area contributed by atoms with Gasteiger partial charge in [0.25, 0.3) is 0 Å². The average molecular weight is 494 g/mol. The number of halogens is 2. The van der Waals surface area contributed by atoms with Crippen LogP contribution in [0.25, 0.3) is 0 Å². The van der Waals surface area contributed by atoms with Gasteiger partial charge in [0.05, 0.1) is 13.2 Å². The summed E-state index contributed by atoms with van der Waals surface area (Å²) >= 11 is 0. The Morgan fingerprint density at radius 1 is 1.22 bits per heavy atom. The Balaban J connectivity index is 0.00000480. The quantitative estimate of drug-likeness (QED) is 0.243. The smallest absolute Gasteiger partial charge is 0.451 e. The van der Waals surface area contributed by atoms with Gasteiger partial charge in [0.2, 0.25) is 5.91 Å². The molecule has 1 fully saturated rings. The molecule has 32 heavy (non-hydrogen) atoms. The van der Waals surface area contributed by atoms with Gasteiger partial charge in [0.1, 0.15) is 11.6 Å². The van der Waals surface area contributed by atoms with Gasteiger partial charge in [-0.15, -0.1) is 24.8 Å². The Kier molecular flexibility index (Phi) is 14.1. The third-order valence-electron chi connectivity index (χ3n) is 5.78. The third-order valence-corrected chi connectivity index (χ3v) is 5.78. The van der Waals surface area contributed by atoms with E-state index >= 15 is 0 Å². The van der Waals surface area contributed by atoms with E-state index in [4.69, 9.17) is 26.3 Å². The van der Waals surface area contributed by atoms with Gasteiger partial charge in [-0.3, -0.25) is 9.59 Å². The number of ether oxygens (including phenoxy) is 1. The maximum Gasteiger partial charge on any atom is 0.451 e. The van der Waals surface area contributed by atoms with Crippen molar-refractivity contribution in [2.75, 3.05) is 13.2 Å². The van der Waals surface area contributed by atoms with Crippen LogP contribution >= 0.6 is 24.8 Å². The number of carbonyl (C=O) groups is 2. The maximum atomic E-state index is 12.3. The van der Waals surface area contributed by atoms with Crippen molar-refractivity contribution in [2.24, 2.45) is 23.3 Å². The number of hydrogen-bond acceptors (Lipinski definition) is 7. The lowest BCUT2D eigenvalue weighted by Gasteiger charge is -2.41. The predicted molar refractivity (Wildman–Crippen MR) is 127 cm³/mol. The fraction of sp³-hybridized carbons (Fsp3) is 0.600. The Hall–Kier alpha value is -1.40. The van der Waals surface area contributed by atoms with Crippen LogP contribution in [0.4, 0.5) is 0 Å². The molecule has 4 atom stereocenters. The van der Waals surface area contributed by atoms with E-state index in [0.29, 0.717) is 25.9 Å². The summed E-state index contributed by atoms with van der Waals surface area (Å²) in [5.41, 5.74) is 11.6. The van der Waals surface area contributed by atoms with E-state index in [1.807, 2.05) is 30.3 Å². The van der Waals surface area contributed by atoms with Crippen LogP contribution in [0.5, 0.6) is 0 Å². The number of carboxylic acids is 1. The van der Waals surface area contributed by atoms with Gasteiger partial charge < -0.3 is 36.7 Å². The number of carbonyl (C=O) groups excluding carboxylic acids is 1. The lowest BCUT2D eigenvalue weighted by Crippen LogP contribution is -2.60. The highest BCUT2D eigenvalue weighted by Crippen LogP contribution is 2.38. The third kappa shape index (κ3) is 9.23. The predicted octanol–water partition coefficient (Wildman–Crippen LogP) is 0.552. The summed E-state index contributed by atoms with van der Waals surface area (Å²) in [6.45, 7) is 0.506. The normalized spacial score (nSPS) is 23.2. The van der Waals surface area contributed by atoms with E-state index in [1.165, 1.54) is 0 Å². The lowest BCUT2D eigenvalue weighted by atomic mass is 9.66. The molecule has 182 valence electrons. The first kappa shape index (κ1) is 30.6. The second-order valence-electron chi connectivity index (χ2n) is 8.10. The minimum absolute atomic E-state index is 0. The zero-order valence-corrected chi connectivity index (χ0v) is 19.5. The molecule has 12 heteroatoms. The van der Waals surface area contributed by atoms with Gasteiger partial charge in [0, 0.05) is 12.5 Å². The van der Waals surface area contributed by atoms with Crippen molar-refractivity contribution in [3.05, 3.63) is 35.9 Å². The molecule has 1 aliphatic rings. The topological polar surface area (TPSA) is 168 Å². The fourth-order valence-corrected chi connectivity index (χ4v) is 3.93. The largest absolute Gasteiger partial charge is 0.480 e. The van der Waals surface area contributed by atoms with Gasteiger partial charge in [0.15, 0.2) is 0 Å². The zero-order valence-electron chi connectivity index (χ0n) is 17.9. The summed E-state index contributed by atoms with van der Waals surface area (Å²) < 4.78 is 5.49. The molecule has 0 bridgehead atoms. The molecular formula is C20H34BCl2N3O6. The number of amides is 1. The van der Waals surface area contributed by atoms with E-state index in [2.05, 4.69) is 5.32 Å². The van der Waals surface area contributed by atoms with Crippen molar-refractivity contribution in [3.63, 3.8) is 0 Å². The number of aliphatic carboxylic acids is 1. The maximum absolute atomic E-state index is 12.3. The van der Waals surface area contributed by atoms with Crippen LogP contribution in [0.15, 0.2) is 30.3 Å². The van der Waals surface area contributed by atoms with E-state index in [1.54, 1.807) is 0 Å². The number of hydrogen-bond donors (Lipinski definition) is 6. The molecular weight excluding hydrogens is 460 g/mol. The second-order valence-corrected chi connectivity index (χ2v) is 8.10. The van der Waals surface area contributed by atoms with Gasteiger partial charge >= 0.3 is 13.1 Å². The summed E-state index contributed by atoms with van der Waals surface area (Å²) in [7, 11) is -1.41. The molecule has 0 aliphatic heterocycles. The molecule has 1 aromatic rings. The molecule has 8 N–H and O–H groups in total. The number of nitrogens with two attached hydrogens (primary N) is 2. The van der Waals surface area contributed by atoms with Crippen LogP contribution in [0.3, 0.4) is 0 Å². The first-order valence-electron chi connectivity index (χ1n) is 10.3. The number of nitrogens with one attached hydrogen (secondary N) is 1. The van der Waals surface area contributed by atoms with Crippen LogP contribution in [-0.4, -0.2) is 58.9 Å². The molecule has 1 saturated carbocycles. The number of benzene rings is 1. The van der Waals surface area contributed by atoms with Crippen molar-refractivity contribution in [3.8, 4) is 0 Å². The van der Waals surface area contributed by atoms with Crippen LogP contribution < -0.4 is 16.8 Å². The van der Waals surface area contributed by atoms with Crippen LogP contribution in [0.1, 0.15) is 31.2 Å². The molecule has 0 aromatic heterocycles. The van der Waals surface area contributed by atoms with Crippen LogP contribution in [0.2, 0.25) is 6.32 Å². The van der Waals surface area contributed by atoms with Gasteiger partial charge in [-0.25, -0.2) is 0 Å². The Labute approximate surface area is 201 Å². The van der Waals surface area contributed by atoms with Gasteiger partial charge in [-0.05, 0) is 37.1 Å². The molecule has 0 unspecified atom stereocenters. The summed E-state index contributed by atoms with van der Waals surface area (Å²) in [5.74, 6) is -1.98. The Bertz CT molecular complexity index is 703. The van der Waals surface area contributed by atoms with Gasteiger partial charge in [-0.1, -0.05) is 36.8 Å². The first-order valence-corrected chi connectivity index (χ1v) is 10.3. The van der Waals surface area contributed by atoms with Crippen molar-refractivity contribution < 1.29 is 29.5 Å². The summed E-state index contributed by atoms with van der Waals surface area (Å²) in [5, 5.41) is 30.5. The molecule has 0 radical (unpaired) electrons. The average Bonchev–Trinajstić information content (AvgIpc) is 2.71. The fourth-order valence-electron chi connectivity index (χ4n) is 3.93. The molecule has 0 spiro atoms. The minimum atomic E-state index is -1.48. The van der Waals surface area contributed by atoms with Crippen LogP contribution in [-0.2, 0) is 20.9 Å². The molecule has 0 saturated heterocycles. The number of rotatable bonds is 11. The molecule has 1 amide bonds. The molecule has 1 aromatic carbocycles. The van der Waals surface area contributed by atoms with E-state index in [-0.39, 0.29) is 56.6 Å². The Morgan fingerprint density at radius 2 is 1.88 bits per heavy atom. The monoisotopic (exact) mass is 493 g/mol. The van der Waals surface area contributed by atoms with E-state index in [0.717, 1.165) is 5.56 Å². The van der Waals surface area contributed by atoms with Gasteiger partial charge in [-0.2, -0.15) is 0 Å². The van der Waals surface area contributed by atoms with Crippen molar-refractivity contribution in [1.29, 1.82) is 0 Å². The highest BCUT2D eigenvalue weighted by molar-refractivity contribution is 6.40. The van der Waals surface area contributed by atoms with Crippen molar-refractivity contribution in [2.45, 2.75) is 50.2 Å². The summed E-state index contributed by atoms with van der Waals surface area (Å²) in [6.07, 6.45) is 2.13. The molecule has 1 aliphatic carbocycles. The molecule has 0 heterocycles. The SMILES string of the molecule is Cl.Cl.N[C@@H](COCc1ccccc1)C(=O)NC[C@@H]1CC[C@@H](CCB(O)O)C[C@]1(N)C(=O)O. The Morgan fingerprint density at radius 3 is 2.47 bits per heavy atom. The molecule has 9 nitrogen and oxygen atoms in total. The summed E-state index contributed by atoms with van der Waals surface area (Å²) in [6, 6.07) is 8.65. The zero-order chi connectivity index (χ0) is 22.1. The summed E-state index contributed by atoms with van der Waals surface area (Å²) in [4.78, 5) is 24.1.